The lowest BCUT2D eigenvalue weighted by atomic mass is 9.81. The highest BCUT2D eigenvalue weighted by molar-refractivity contribution is 5.79. The largest absolute Gasteiger partial charge is 0.378 e. The van der Waals surface area contributed by atoms with E-state index in [0.29, 0.717) is 38.3 Å². The van der Waals surface area contributed by atoms with Crippen molar-refractivity contribution in [1.29, 1.82) is 0 Å². The highest BCUT2D eigenvalue weighted by atomic mass is 16.7. The molecular formula is C41H61NO10. The van der Waals surface area contributed by atoms with E-state index in [1.165, 1.54) is 5.57 Å². The minimum absolute atomic E-state index is 0.0325. The molecule has 0 amide bonds. The van der Waals surface area contributed by atoms with Gasteiger partial charge in [0.15, 0.2) is 0 Å². The molecule has 9 saturated heterocycles. The minimum atomic E-state index is -0.276. The first kappa shape index (κ1) is 36.4. The molecule has 19 atom stereocenters. The Balaban J connectivity index is 0.975. The van der Waals surface area contributed by atoms with Crippen molar-refractivity contribution in [3.8, 4) is 0 Å². The summed E-state index contributed by atoms with van der Waals surface area (Å²) in [5.41, 5.74) is 8.22. The average molecular weight is 728 g/mol. The average Bonchev–Trinajstić information content (AvgIpc) is 3.82. The molecule has 52 heavy (non-hydrogen) atoms. The van der Waals surface area contributed by atoms with E-state index in [1.807, 2.05) is 0 Å². The van der Waals surface area contributed by atoms with Crippen molar-refractivity contribution in [2.45, 2.75) is 188 Å². The van der Waals surface area contributed by atoms with Gasteiger partial charge in [-0.1, -0.05) is 20.1 Å². The Bertz CT molecular complexity index is 1340. The summed E-state index contributed by atoms with van der Waals surface area (Å²) in [5.74, 6) is 0.547. The Kier molecular flexibility index (Phi) is 10.5. The van der Waals surface area contributed by atoms with Gasteiger partial charge in [-0.2, -0.15) is 0 Å². The number of hydrogen-bond donors (Lipinski definition) is 1. The summed E-state index contributed by atoms with van der Waals surface area (Å²) in [4.78, 5) is 14.0. The van der Waals surface area contributed by atoms with Crippen LogP contribution in [0.3, 0.4) is 0 Å². The first-order valence-electron chi connectivity index (χ1n) is 20.6. The van der Waals surface area contributed by atoms with Crippen LogP contribution in [0, 0.1) is 17.8 Å². The standard InChI is InChI=1S/C41H61NO10/c1-20-14-24-7-10-29-21(2)15-25(46-29)8-11-30-28-19-45-38-37-32(51-41-39(50-30)36(28)52-40(38)41)12-9-26(48-37)16-23(43)17-27-34(18-33(47-24)22(20)3)49-31(6-5-13-42)35(27)44-4/h20,24-41H,2-3,5-19,42H2,1,4H3/t20-,24+,25+,26-,27+,28?,29+,30-,31-,32+,33-,34+,35-,36-,37+,38+,39+,40+,41+/m1/s1. The second-order valence-electron chi connectivity index (χ2n) is 17.5. The topological polar surface area (TPSA) is 126 Å². The molecule has 0 saturated carbocycles. The second kappa shape index (κ2) is 15.0. The predicted molar refractivity (Wildman–Crippen MR) is 190 cm³/mol. The van der Waals surface area contributed by atoms with E-state index in [0.717, 1.165) is 69.8 Å². The monoisotopic (exact) mass is 727 g/mol. The molecule has 1 unspecified atom stereocenters. The fraction of sp³-hybridized carbons (Fsp3) is 0.878. The maximum atomic E-state index is 14.0. The van der Waals surface area contributed by atoms with Crippen LogP contribution in [0.1, 0.15) is 90.4 Å². The molecule has 9 heterocycles. The maximum Gasteiger partial charge on any atom is 0.135 e. The van der Waals surface area contributed by atoms with Gasteiger partial charge in [-0.25, -0.2) is 0 Å². The molecular weight excluding hydrogens is 666 g/mol. The van der Waals surface area contributed by atoms with Gasteiger partial charge in [-0.15, -0.1) is 0 Å². The third-order valence-corrected chi connectivity index (χ3v) is 14.3. The normalized spacial score (nSPS) is 52.0. The van der Waals surface area contributed by atoms with E-state index < -0.39 is 0 Å². The Morgan fingerprint density at radius 3 is 2.25 bits per heavy atom. The fourth-order valence-corrected chi connectivity index (χ4v) is 11.5. The molecule has 10 bridgehead atoms. The van der Waals surface area contributed by atoms with Crippen LogP contribution in [0.2, 0.25) is 0 Å². The zero-order valence-electron chi connectivity index (χ0n) is 31.2. The minimum Gasteiger partial charge on any atom is -0.378 e. The lowest BCUT2D eigenvalue weighted by molar-refractivity contribution is -0.265. The van der Waals surface area contributed by atoms with E-state index in [9.17, 15) is 4.79 Å². The number of hydrogen-bond acceptors (Lipinski definition) is 11. The molecule has 9 aliphatic rings. The van der Waals surface area contributed by atoms with Crippen LogP contribution in [0.5, 0.6) is 0 Å². The van der Waals surface area contributed by atoms with Gasteiger partial charge in [0, 0.05) is 38.2 Å². The number of nitrogens with two attached hydrogens (primary N) is 1. The number of fused-ring (bicyclic) bond motifs is 8. The SMILES string of the molecule is C=C1C[C@@H]2CC[C@H]3O[C@@H]4[C@@H]5O[C@H]6CC[C@H](CC(=O)C[C@@H]7[C@@H](OC)[C@@H](CCCN)O[C@H]7C[C@H]7O[C@@H](CC[C@@H]1O2)C[C@@H](C)C7=C)O[C@@H]6[C@@H]1OCC3[C@H]4O[C@@H]15. The van der Waals surface area contributed by atoms with Crippen molar-refractivity contribution in [3.63, 3.8) is 0 Å². The van der Waals surface area contributed by atoms with Gasteiger partial charge >= 0.3 is 0 Å². The van der Waals surface area contributed by atoms with Crippen molar-refractivity contribution in [1.82, 2.24) is 0 Å². The third-order valence-electron chi connectivity index (χ3n) is 14.3. The highest BCUT2D eigenvalue weighted by Crippen LogP contribution is 2.50. The molecule has 0 spiro atoms. The summed E-state index contributed by atoms with van der Waals surface area (Å²) in [5, 5.41) is 0. The maximum absolute atomic E-state index is 14.0. The van der Waals surface area contributed by atoms with Gasteiger partial charge in [-0.3, -0.25) is 4.79 Å². The smallest absolute Gasteiger partial charge is 0.135 e. The molecule has 0 aromatic rings. The summed E-state index contributed by atoms with van der Waals surface area (Å²) >= 11 is 0. The van der Waals surface area contributed by atoms with Crippen molar-refractivity contribution in [2.75, 3.05) is 20.3 Å². The highest BCUT2D eigenvalue weighted by Gasteiger charge is 2.65. The van der Waals surface area contributed by atoms with Crippen molar-refractivity contribution >= 4 is 5.78 Å². The quantitative estimate of drug-likeness (QED) is 0.416. The zero-order chi connectivity index (χ0) is 35.7. The first-order valence-corrected chi connectivity index (χ1v) is 20.6. The van der Waals surface area contributed by atoms with Crippen LogP contribution in [-0.4, -0.2) is 124 Å². The van der Waals surface area contributed by atoms with Gasteiger partial charge < -0.3 is 48.4 Å². The Hall–Kier alpha value is -1.25. The van der Waals surface area contributed by atoms with Crippen molar-refractivity contribution < 1.29 is 47.4 Å². The van der Waals surface area contributed by atoms with E-state index >= 15 is 0 Å². The Morgan fingerprint density at radius 1 is 0.692 bits per heavy atom. The summed E-state index contributed by atoms with van der Waals surface area (Å²) < 4.78 is 60.1. The number of ketones is 1. The van der Waals surface area contributed by atoms with Gasteiger partial charge in [0.2, 0.25) is 0 Å². The van der Waals surface area contributed by atoms with E-state index in [-0.39, 0.29) is 115 Å². The molecule has 9 rings (SSSR count). The molecule has 0 radical (unpaired) electrons. The molecule has 2 N–H and O–H groups in total. The molecule has 0 aliphatic carbocycles. The molecule has 0 aromatic carbocycles. The Labute approximate surface area is 308 Å². The summed E-state index contributed by atoms with van der Waals surface area (Å²) in [6.45, 7) is 12.4. The summed E-state index contributed by atoms with van der Waals surface area (Å²) in [6, 6.07) is 0. The molecule has 290 valence electrons. The van der Waals surface area contributed by atoms with Crippen molar-refractivity contribution in [3.05, 3.63) is 24.3 Å². The van der Waals surface area contributed by atoms with Gasteiger partial charge in [0.05, 0.1) is 73.8 Å². The lowest BCUT2D eigenvalue weighted by Gasteiger charge is -2.47. The number of rotatable bonds is 4. The number of methoxy groups -OCH3 is 1. The summed E-state index contributed by atoms with van der Waals surface area (Å²) in [6.07, 6.45) is 8.28. The fourth-order valence-electron chi connectivity index (χ4n) is 11.5. The van der Waals surface area contributed by atoms with Gasteiger partial charge in [0.25, 0.3) is 0 Å². The number of ether oxygens (including phenoxy) is 9. The molecule has 9 aliphatic heterocycles. The van der Waals surface area contributed by atoms with E-state index in [1.54, 1.807) is 7.11 Å². The van der Waals surface area contributed by atoms with Crippen LogP contribution in [0.4, 0.5) is 0 Å². The van der Waals surface area contributed by atoms with E-state index in [2.05, 4.69) is 20.1 Å². The molecule has 0 aromatic heterocycles. The third kappa shape index (κ3) is 6.71. The number of carbonyl (C=O) groups excluding carboxylic acids is 1. The number of carbonyl (C=O) groups is 1. The van der Waals surface area contributed by atoms with Crippen LogP contribution in [0.15, 0.2) is 24.3 Å². The first-order chi connectivity index (χ1) is 25.3. The van der Waals surface area contributed by atoms with E-state index in [4.69, 9.17) is 48.4 Å². The second-order valence-corrected chi connectivity index (χ2v) is 17.5. The van der Waals surface area contributed by atoms with Crippen LogP contribution in [0.25, 0.3) is 0 Å². The molecule has 11 nitrogen and oxygen atoms in total. The number of Topliss-reactive ketones (excluding diaryl/α,β-unsaturated/α-hetero) is 1. The van der Waals surface area contributed by atoms with Crippen LogP contribution in [-0.2, 0) is 47.4 Å². The molecule has 11 heteroatoms. The zero-order valence-corrected chi connectivity index (χ0v) is 31.2. The van der Waals surface area contributed by atoms with Gasteiger partial charge in [0.1, 0.15) is 36.3 Å². The van der Waals surface area contributed by atoms with Crippen LogP contribution >= 0.6 is 0 Å². The predicted octanol–water partition coefficient (Wildman–Crippen LogP) is 4.37. The van der Waals surface area contributed by atoms with Gasteiger partial charge in [-0.05, 0) is 87.8 Å². The van der Waals surface area contributed by atoms with Crippen LogP contribution < -0.4 is 5.73 Å². The lowest BCUT2D eigenvalue weighted by Crippen LogP contribution is -2.62. The van der Waals surface area contributed by atoms with Crippen molar-refractivity contribution in [2.24, 2.45) is 23.5 Å². The summed E-state index contributed by atoms with van der Waals surface area (Å²) in [7, 11) is 1.74. The Morgan fingerprint density at radius 2 is 1.42 bits per heavy atom. The molecule has 9 fully saturated rings.